The summed E-state index contributed by atoms with van der Waals surface area (Å²) >= 11 is 1.69. The highest BCUT2D eigenvalue weighted by Crippen LogP contribution is 2.25. The molecule has 0 atom stereocenters. The summed E-state index contributed by atoms with van der Waals surface area (Å²) in [5.74, 6) is -0.177. The number of H-pyrrole nitrogens is 1. The third-order valence-corrected chi connectivity index (χ3v) is 6.52. The number of aromatic nitrogens is 4. The molecule has 4 aromatic heterocycles. The van der Waals surface area contributed by atoms with Crippen molar-refractivity contribution in [2.24, 2.45) is 0 Å². The number of nitrogens with zero attached hydrogens (tertiary/aromatic N) is 5. The van der Waals surface area contributed by atoms with Crippen LogP contribution in [0, 0.1) is 0 Å². The highest BCUT2D eigenvalue weighted by molar-refractivity contribution is 7.18. The second-order valence-corrected chi connectivity index (χ2v) is 8.37. The van der Waals surface area contributed by atoms with Crippen LogP contribution in [0.15, 0.2) is 41.6 Å². The fourth-order valence-electron chi connectivity index (χ4n) is 3.81. The molecule has 1 aliphatic rings. The van der Waals surface area contributed by atoms with Gasteiger partial charge in [-0.1, -0.05) is 0 Å². The van der Waals surface area contributed by atoms with Crippen LogP contribution in [0.25, 0.3) is 16.0 Å². The number of carbonyl (C=O) groups excluding carboxylic acids is 1. The summed E-state index contributed by atoms with van der Waals surface area (Å²) in [6.45, 7) is 4.51. The minimum Gasteiger partial charge on any atom is -0.368 e. The number of amides is 1. The smallest absolute Gasteiger partial charge is 0.292 e. The second-order valence-electron chi connectivity index (χ2n) is 7.25. The van der Waals surface area contributed by atoms with Gasteiger partial charge in [-0.05, 0) is 18.2 Å². The zero-order valence-corrected chi connectivity index (χ0v) is 17.3. The summed E-state index contributed by atoms with van der Waals surface area (Å²) in [7, 11) is 1.60. The van der Waals surface area contributed by atoms with E-state index >= 15 is 0 Å². The number of hydrogen-bond acceptors (Lipinski definition) is 7. The minimum absolute atomic E-state index is 0.165. The predicted molar refractivity (Wildman–Crippen MR) is 116 cm³/mol. The van der Waals surface area contributed by atoms with Gasteiger partial charge >= 0.3 is 0 Å². The Balaban J connectivity index is 1.26. The normalized spacial score (nSPS) is 15.2. The van der Waals surface area contributed by atoms with E-state index in [1.807, 2.05) is 16.7 Å². The number of fused-ring (bicyclic) bond motifs is 3. The van der Waals surface area contributed by atoms with Gasteiger partial charge in [0, 0.05) is 57.0 Å². The van der Waals surface area contributed by atoms with Crippen molar-refractivity contribution in [3.8, 4) is 0 Å². The van der Waals surface area contributed by atoms with E-state index in [0.29, 0.717) is 11.3 Å². The summed E-state index contributed by atoms with van der Waals surface area (Å²) in [5, 5.41) is 2.58. The van der Waals surface area contributed by atoms with E-state index in [4.69, 9.17) is 0 Å². The molecule has 0 aromatic carbocycles. The van der Waals surface area contributed by atoms with Crippen molar-refractivity contribution in [1.82, 2.24) is 29.6 Å². The zero-order valence-electron chi connectivity index (χ0n) is 16.5. The summed E-state index contributed by atoms with van der Waals surface area (Å²) in [4.78, 5) is 42.0. The van der Waals surface area contributed by atoms with Crippen LogP contribution in [0.2, 0.25) is 0 Å². The van der Waals surface area contributed by atoms with Gasteiger partial charge in [0.25, 0.3) is 11.5 Å². The molecule has 30 heavy (non-hydrogen) atoms. The standard InChI is InChI=1S/C20H21N7O2S/c1-21-18(28)15-3-2-13(11-23-15)26-8-6-25(7-9-26)12-14-10-16-20(30-14)27-5-4-22-17(27)19(29)24-16/h2-5,10-11H,6-9,12H2,1H3,(H,21,28)(H,24,29). The summed E-state index contributed by atoms with van der Waals surface area (Å²) in [6.07, 6.45) is 5.24. The molecule has 0 bridgehead atoms. The SMILES string of the molecule is CNC(=O)c1ccc(N2CCN(Cc3cc4[nH]c(=O)c5nccn5c4s3)CC2)cn1. The monoisotopic (exact) mass is 423 g/mol. The number of anilines is 1. The van der Waals surface area contributed by atoms with E-state index in [1.165, 1.54) is 4.88 Å². The van der Waals surface area contributed by atoms with Crippen LogP contribution in [0.5, 0.6) is 0 Å². The lowest BCUT2D eigenvalue weighted by molar-refractivity contribution is 0.0958. The number of imidazole rings is 1. The largest absolute Gasteiger partial charge is 0.368 e. The molecule has 1 amide bonds. The van der Waals surface area contributed by atoms with Gasteiger partial charge in [0.2, 0.25) is 5.65 Å². The highest BCUT2D eigenvalue weighted by atomic mass is 32.1. The molecule has 0 spiro atoms. The predicted octanol–water partition coefficient (Wildman–Crippen LogP) is 1.31. The average molecular weight is 424 g/mol. The lowest BCUT2D eigenvalue weighted by Crippen LogP contribution is -2.45. The van der Waals surface area contributed by atoms with Crippen LogP contribution in [0.4, 0.5) is 5.69 Å². The number of piperazine rings is 1. The van der Waals surface area contributed by atoms with Gasteiger partial charge in [-0.2, -0.15) is 0 Å². The molecule has 0 aliphatic carbocycles. The molecular formula is C20H21N7O2S. The maximum Gasteiger partial charge on any atom is 0.292 e. The topological polar surface area (TPSA) is 98.6 Å². The Morgan fingerprint density at radius 3 is 2.80 bits per heavy atom. The fourth-order valence-corrected chi connectivity index (χ4v) is 4.95. The summed E-state index contributed by atoms with van der Waals surface area (Å²) < 4.78 is 1.86. The van der Waals surface area contributed by atoms with Crippen molar-refractivity contribution >= 4 is 38.9 Å². The average Bonchev–Trinajstić information content (AvgIpc) is 3.41. The van der Waals surface area contributed by atoms with E-state index in [2.05, 4.69) is 36.1 Å². The van der Waals surface area contributed by atoms with E-state index in [0.717, 1.165) is 48.8 Å². The molecule has 1 fully saturated rings. The van der Waals surface area contributed by atoms with E-state index in [-0.39, 0.29) is 11.5 Å². The molecule has 0 saturated carbocycles. The number of pyridine rings is 1. The molecule has 0 radical (unpaired) electrons. The van der Waals surface area contributed by atoms with Crippen LogP contribution in [-0.4, -0.2) is 63.4 Å². The van der Waals surface area contributed by atoms with Crippen molar-refractivity contribution in [3.63, 3.8) is 0 Å². The Labute approximate surface area is 176 Å². The van der Waals surface area contributed by atoms with Crippen LogP contribution in [0.1, 0.15) is 15.4 Å². The molecule has 4 aromatic rings. The van der Waals surface area contributed by atoms with Gasteiger partial charge in [0.1, 0.15) is 10.5 Å². The number of thiophene rings is 1. The van der Waals surface area contributed by atoms with Crippen molar-refractivity contribution in [1.29, 1.82) is 0 Å². The molecular weight excluding hydrogens is 402 g/mol. The first-order valence-electron chi connectivity index (χ1n) is 9.75. The van der Waals surface area contributed by atoms with Crippen molar-refractivity contribution in [2.45, 2.75) is 6.54 Å². The number of carbonyl (C=O) groups is 1. The lowest BCUT2D eigenvalue weighted by atomic mass is 10.2. The van der Waals surface area contributed by atoms with Gasteiger partial charge < -0.3 is 15.2 Å². The molecule has 0 unspecified atom stereocenters. The number of rotatable bonds is 4. The van der Waals surface area contributed by atoms with E-state index in [9.17, 15) is 9.59 Å². The summed E-state index contributed by atoms with van der Waals surface area (Å²) in [5.41, 5.74) is 2.58. The molecule has 10 heteroatoms. The Morgan fingerprint density at radius 1 is 1.23 bits per heavy atom. The van der Waals surface area contributed by atoms with Crippen molar-refractivity contribution in [2.75, 3.05) is 38.1 Å². The van der Waals surface area contributed by atoms with Crippen LogP contribution in [0.3, 0.4) is 0 Å². The van der Waals surface area contributed by atoms with Gasteiger partial charge in [0.15, 0.2) is 0 Å². The molecule has 5 rings (SSSR count). The number of aromatic amines is 1. The molecule has 1 saturated heterocycles. The van der Waals surface area contributed by atoms with E-state index < -0.39 is 0 Å². The van der Waals surface area contributed by atoms with Crippen molar-refractivity contribution in [3.05, 3.63) is 57.7 Å². The molecule has 5 heterocycles. The Morgan fingerprint density at radius 2 is 2.07 bits per heavy atom. The molecule has 2 N–H and O–H groups in total. The Hall–Kier alpha value is -3.24. The quantitative estimate of drug-likeness (QED) is 0.514. The first kappa shape index (κ1) is 18.8. The van der Waals surface area contributed by atoms with Gasteiger partial charge in [-0.3, -0.25) is 18.9 Å². The van der Waals surface area contributed by atoms with Gasteiger partial charge in [0.05, 0.1) is 17.4 Å². The third-order valence-electron chi connectivity index (χ3n) is 5.40. The Bertz CT molecular complexity index is 1270. The van der Waals surface area contributed by atoms with Crippen LogP contribution < -0.4 is 15.8 Å². The molecule has 154 valence electrons. The fraction of sp³-hybridized carbons (Fsp3) is 0.300. The van der Waals surface area contributed by atoms with Crippen LogP contribution >= 0.6 is 11.3 Å². The molecule has 9 nitrogen and oxygen atoms in total. The Kier molecular flexibility index (Phi) is 4.72. The zero-order chi connectivity index (χ0) is 20.7. The first-order chi connectivity index (χ1) is 14.6. The lowest BCUT2D eigenvalue weighted by Gasteiger charge is -2.35. The van der Waals surface area contributed by atoms with Gasteiger partial charge in [-0.15, -0.1) is 11.3 Å². The third kappa shape index (κ3) is 3.33. The van der Waals surface area contributed by atoms with E-state index in [1.54, 1.807) is 36.8 Å². The maximum absolute atomic E-state index is 12.1. The minimum atomic E-state index is -0.177. The first-order valence-corrected chi connectivity index (χ1v) is 10.6. The maximum atomic E-state index is 12.1. The van der Waals surface area contributed by atoms with Gasteiger partial charge in [-0.25, -0.2) is 9.97 Å². The number of nitrogens with one attached hydrogen (secondary N) is 2. The molecule has 1 aliphatic heterocycles. The van der Waals surface area contributed by atoms with Crippen LogP contribution in [-0.2, 0) is 6.54 Å². The highest BCUT2D eigenvalue weighted by Gasteiger charge is 2.19. The number of hydrogen-bond donors (Lipinski definition) is 2. The second kappa shape index (κ2) is 7.54. The van der Waals surface area contributed by atoms with Crippen molar-refractivity contribution < 1.29 is 4.79 Å². The summed E-state index contributed by atoms with van der Waals surface area (Å²) in [6, 6.07) is 5.77.